The van der Waals surface area contributed by atoms with Crippen molar-refractivity contribution in [3.8, 4) is 0 Å². The number of hydrogen-bond acceptors (Lipinski definition) is 8. The number of aliphatic hydroxyl groups excluding tert-OH is 1. The van der Waals surface area contributed by atoms with Crippen molar-refractivity contribution in [2.45, 2.75) is 10.8 Å². The van der Waals surface area contributed by atoms with Crippen molar-refractivity contribution < 1.29 is 9.84 Å². The highest BCUT2D eigenvalue weighted by atomic mass is 32.2. The summed E-state index contributed by atoms with van der Waals surface area (Å²) in [5.74, 6) is 5.39. The minimum atomic E-state index is -0.398. The van der Waals surface area contributed by atoms with Gasteiger partial charge in [-0.2, -0.15) is 10.5 Å². The lowest BCUT2D eigenvalue weighted by Gasteiger charge is -2.11. The Morgan fingerprint density at radius 3 is 3.18 bits per heavy atom. The maximum atomic E-state index is 11.7. The molecule has 2 heterocycles. The molecule has 0 aliphatic carbocycles. The number of anilines is 1. The lowest BCUT2D eigenvalue weighted by molar-refractivity contribution is 0.0803. The number of nitrogens with two attached hydrogens (primary N) is 1. The Morgan fingerprint density at radius 2 is 2.59 bits per heavy atom. The zero-order valence-corrected chi connectivity index (χ0v) is 9.68. The molecule has 0 spiro atoms. The average molecular weight is 259 g/mol. The average Bonchev–Trinajstić information content (AvgIpc) is 2.78. The molecule has 0 unspecified atom stereocenters. The number of ether oxygens (including phenoxy) is 1. The second kappa shape index (κ2) is 5.47. The number of thioether (sulfide) groups is 1. The molecule has 0 bridgehead atoms. The number of hydrazine groups is 2. The first-order chi connectivity index (χ1) is 8.24. The Bertz CT molecular complexity index is 439. The molecule has 2 rings (SSSR count). The summed E-state index contributed by atoms with van der Waals surface area (Å²) in [6.45, 7) is 0.305. The lowest BCUT2D eigenvalue weighted by Crippen LogP contribution is -2.32. The fraction of sp³-hybridized carbons (Fsp3) is 0.500. The van der Waals surface area contributed by atoms with Crippen molar-refractivity contribution in [1.82, 2.24) is 15.1 Å². The number of rotatable bonds is 4. The van der Waals surface area contributed by atoms with Crippen LogP contribution in [0.4, 0.5) is 5.82 Å². The maximum Gasteiger partial charge on any atom is 0.350 e. The standard InChI is InChI=1S/C8H13N5O3S/c9-12-11-5-1-2-13(8(15)10-5)6-4-16-7(3-14)17-6/h1-2,6-7,12,14H,3-4,9H2,(H,10,11,15)/t6-,7-/m1/s1. The van der Waals surface area contributed by atoms with Crippen LogP contribution in [0.5, 0.6) is 0 Å². The third kappa shape index (κ3) is 2.76. The number of aromatic nitrogens is 2. The smallest absolute Gasteiger partial charge is 0.350 e. The fourth-order valence-corrected chi connectivity index (χ4v) is 2.50. The van der Waals surface area contributed by atoms with Crippen LogP contribution in [0.3, 0.4) is 0 Å². The van der Waals surface area contributed by atoms with Gasteiger partial charge < -0.3 is 9.84 Å². The maximum absolute atomic E-state index is 11.7. The first-order valence-electron chi connectivity index (χ1n) is 4.93. The number of hydrogen-bond donors (Lipinski definition) is 4. The summed E-state index contributed by atoms with van der Waals surface area (Å²) in [5, 5.41) is 8.77. The molecule has 1 saturated heterocycles. The van der Waals surface area contributed by atoms with Gasteiger partial charge in [0.2, 0.25) is 0 Å². The van der Waals surface area contributed by atoms with Crippen LogP contribution >= 0.6 is 11.8 Å². The Labute approximate surface area is 101 Å². The van der Waals surface area contributed by atoms with E-state index >= 15 is 0 Å². The minimum Gasteiger partial charge on any atom is -0.393 e. The van der Waals surface area contributed by atoms with Crippen LogP contribution in [0, 0.1) is 0 Å². The van der Waals surface area contributed by atoms with Crippen LogP contribution < -0.4 is 22.5 Å². The first-order valence-corrected chi connectivity index (χ1v) is 5.87. The van der Waals surface area contributed by atoms with Gasteiger partial charge in [0.15, 0.2) is 0 Å². The zero-order chi connectivity index (χ0) is 12.3. The Kier molecular flexibility index (Phi) is 3.97. The highest BCUT2D eigenvalue weighted by Crippen LogP contribution is 2.34. The molecule has 1 fully saturated rings. The zero-order valence-electron chi connectivity index (χ0n) is 8.87. The van der Waals surface area contributed by atoms with E-state index in [9.17, 15) is 4.79 Å². The highest BCUT2D eigenvalue weighted by Gasteiger charge is 2.27. The molecule has 0 amide bonds. The Hall–Kier alpha value is -1.13. The van der Waals surface area contributed by atoms with E-state index < -0.39 is 5.69 Å². The molecule has 1 aliphatic rings. The van der Waals surface area contributed by atoms with Crippen molar-refractivity contribution >= 4 is 17.6 Å². The van der Waals surface area contributed by atoms with Gasteiger partial charge in [-0.25, -0.2) is 4.79 Å². The van der Waals surface area contributed by atoms with Crippen molar-refractivity contribution in [1.29, 1.82) is 0 Å². The molecular formula is C8H13N5O3S. The number of nitrogens with one attached hydrogen (secondary N) is 2. The SMILES string of the molecule is NNNc1ccn([C@H]2CO[C@@H](CO)S2)c(=O)n1. The summed E-state index contributed by atoms with van der Waals surface area (Å²) < 4.78 is 6.74. The van der Waals surface area contributed by atoms with Gasteiger partial charge in [-0.15, -0.1) is 11.8 Å². The van der Waals surface area contributed by atoms with Gasteiger partial charge in [-0.1, -0.05) is 0 Å². The normalized spacial score (nSPS) is 23.9. The van der Waals surface area contributed by atoms with Crippen LogP contribution in [-0.4, -0.2) is 33.3 Å². The molecule has 1 aliphatic heterocycles. The molecule has 8 nitrogen and oxygen atoms in total. The molecule has 0 aromatic carbocycles. The molecule has 94 valence electrons. The Morgan fingerprint density at radius 1 is 1.76 bits per heavy atom. The van der Waals surface area contributed by atoms with Crippen LogP contribution in [0.15, 0.2) is 17.1 Å². The van der Waals surface area contributed by atoms with Gasteiger partial charge in [0.05, 0.1) is 13.2 Å². The quantitative estimate of drug-likeness (QED) is 0.386. The van der Waals surface area contributed by atoms with Gasteiger partial charge in [0.1, 0.15) is 16.6 Å². The van der Waals surface area contributed by atoms with E-state index in [0.717, 1.165) is 0 Å². The molecule has 0 saturated carbocycles. The summed E-state index contributed by atoms with van der Waals surface area (Å²) in [7, 11) is 0. The van der Waals surface area contributed by atoms with E-state index in [4.69, 9.17) is 15.7 Å². The van der Waals surface area contributed by atoms with E-state index in [1.807, 2.05) is 0 Å². The Balaban J connectivity index is 2.14. The monoisotopic (exact) mass is 259 g/mol. The third-order valence-corrected chi connectivity index (χ3v) is 3.49. The molecular weight excluding hydrogens is 246 g/mol. The lowest BCUT2D eigenvalue weighted by atomic mass is 10.5. The van der Waals surface area contributed by atoms with E-state index in [0.29, 0.717) is 12.4 Å². The van der Waals surface area contributed by atoms with Gasteiger partial charge in [0.25, 0.3) is 0 Å². The predicted molar refractivity (Wildman–Crippen MR) is 62.9 cm³/mol. The van der Waals surface area contributed by atoms with E-state index in [2.05, 4.69) is 15.9 Å². The molecule has 17 heavy (non-hydrogen) atoms. The molecule has 5 N–H and O–H groups in total. The topological polar surface area (TPSA) is 114 Å². The van der Waals surface area contributed by atoms with Crippen LogP contribution in [0.1, 0.15) is 5.37 Å². The largest absolute Gasteiger partial charge is 0.393 e. The molecule has 1 aromatic heterocycles. The predicted octanol–water partition coefficient (Wildman–Crippen LogP) is -1.39. The van der Waals surface area contributed by atoms with Crippen LogP contribution in [-0.2, 0) is 4.74 Å². The van der Waals surface area contributed by atoms with Gasteiger partial charge >= 0.3 is 5.69 Å². The molecule has 1 aromatic rings. The highest BCUT2D eigenvalue weighted by molar-refractivity contribution is 8.00. The molecule has 9 heteroatoms. The van der Waals surface area contributed by atoms with Crippen molar-refractivity contribution in [2.75, 3.05) is 18.6 Å². The van der Waals surface area contributed by atoms with Crippen molar-refractivity contribution in [3.63, 3.8) is 0 Å². The summed E-state index contributed by atoms with van der Waals surface area (Å²) in [6.07, 6.45) is 1.61. The number of aliphatic hydroxyl groups is 1. The fourth-order valence-electron chi connectivity index (χ4n) is 1.46. The first kappa shape index (κ1) is 12.3. The van der Waals surface area contributed by atoms with Crippen LogP contribution in [0.25, 0.3) is 0 Å². The second-order valence-corrected chi connectivity index (χ2v) is 4.65. The summed E-state index contributed by atoms with van der Waals surface area (Å²) in [5.41, 5.74) is 4.02. The van der Waals surface area contributed by atoms with E-state index in [1.165, 1.54) is 16.3 Å². The number of nitrogens with zero attached hydrogens (tertiary/aromatic N) is 2. The minimum absolute atomic E-state index is 0.0694. The van der Waals surface area contributed by atoms with Crippen molar-refractivity contribution in [3.05, 3.63) is 22.7 Å². The van der Waals surface area contributed by atoms with Gasteiger partial charge in [0, 0.05) is 6.20 Å². The summed E-state index contributed by atoms with van der Waals surface area (Å²) in [6, 6.07) is 1.62. The van der Waals surface area contributed by atoms with E-state index in [1.54, 1.807) is 12.3 Å². The summed E-state index contributed by atoms with van der Waals surface area (Å²) >= 11 is 1.39. The van der Waals surface area contributed by atoms with Crippen molar-refractivity contribution in [2.24, 2.45) is 5.84 Å². The molecule has 2 atom stereocenters. The molecule has 0 radical (unpaired) electrons. The van der Waals surface area contributed by atoms with Gasteiger partial charge in [-0.05, 0) is 6.07 Å². The third-order valence-electron chi connectivity index (χ3n) is 2.22. The van der Waals surface area contributed by atoms with Gasteiger partial charge in [-0.3, -0.25) is 15.8 Å². The van der Waals surface area contributed by atoms with E-state index in [-0.39, 0.29) is 17.4 Å². The second-order valence-electron chi connectivity index (χ2n) is 3.31. The van der Waals surface area contributed by atoms with Crippen LogP contribution in [0.2, 0.25) is 0 Å². The summed E-state index contributed by atoms with van der Waals surface area (Å²) in [4.78, 5) is 15.5.